The van der Waals surface area contributed by atoms with Crippen molar-refractivity contribution in [1.29, 1.82) is 0 Å². The zero-order valence-electron chi connectivity index (χ0n) is 12.8. The highest BCUT2D eigenvalue weighted by Gasteiger charge is 2.17. The van der Waals surface area contributed by atoms with Crippen LogP contribution in [0.15, 0.2) is 78.9 Å². The van der Waals surface area contributed by atoms with Crippen molar-refractivity contribution in [3.05, 3.63) is 101 Å². The lowest BCUT2D eigenvalue weighted by Gasteiger charge is -2.22. The van der Waals surface area contributed by atoms with Crippen LogP contribution in [-0.2, 0) is 0 Å². The molecule has 0 saturated carbocycles. The minimum atomic E-state index is -0.957. The summed E-state index contributed by atoms with van der Waals surface area (Å²) in [7, 11) is 0. The molecule has 1 atom stereocenters. The molecule has 3 nitrogen and oxygen atoms in total. The second kappa shape index (κ2) is 7.20. The highest BCUT2D eigenvalue weighted by molar-refractivity contribution is 6.30. The Morgan fingerprint density at radius 3 is 2.08 bits per heavy atom. The summed E-state index contributed by atoms with van der Waals surface area (Å²) in [6, 6.07) is 24.2. The van der Waals surface area contributed by atoms with Crippen LogP contribution in [-0.4, -0.2) is 11.1 Å². The Morgan fingerprint density at radius 1 is 0.833 bits per heavy atom. The minimum Gasteiger partial charge on any atom is -0.478 e. The maximum Gasteiger partial charge on any atom is 0.337 e. The maximum atomic E-state index is 11.5. The summed E-state index contributed by atoms with van der Waals surface area (Å²) in [5.41, 5.74) is 2.87. The van der Waals surface area contributed by atoms with Gasteiger partial charge in [-0.2, -0.15) is 0 Å². The van der Waals surface area contributed by atoms with Crippen LogP contribution in [0.1, 0.15) is 27.5 Å². The minimum absolute atomic E-state index is 0.177. The maximum absolute atomic E-state index is 11.5. The molecule has 0 bridgehead atoms. The molecule has 24 heavy (non-hydrogen) atoms. The van der Waals surface area contributed by atoms with E-state index >= 15 is 0 Å². The summed E-state index contributed by atoms with van der Waals surface area (Å²) in [6.07, 6.45) is 0. The van der Waals surface area contributed by atoms with Crippen LogP contribution >= 0.6 is 11.6 Å². The molecule has 0 fully saturated rings. The van der Waals surface area contributed by atoms with Crippen molar-refractivity contribution < 1.29 is 9.90 Å². The quantitative estimate of drug-likeness (QED) is 0.669. The molecule has 0 amide bonds. The summed E-state index contributed by atoms with van der Waals surface area (Å²) in [5, 5.41) is 13.4. The summed E-state index contributed by atoms with van der Waals surface area (Å²) in [6.45, 7) is 0. The second-order valence-electron chi connectivity index (χ2n) is 5.39. The van der Waals surface area contributed by atoms with E-state index in [0.29, 0.717) is 10.7 Å². The van der Waals surface area contributed by atoms with Crippen molar-refractivity contribution in [2.24, 2.45) is 0 Å². The molecule has 0 spiro atoms. The fraction of sp³-hybridized carbons (Fsp3) is 0.0500. The first kappa shape index (κ1) is 16.1. The van der Waals surface area contributed by atoms with Gasteiger partial charge in [0.25, 0.3) is 0 Å². The van der Waals surface area contributed by atoms with Gasteiger partial charge < -0.3 is 10.4 Å². The number of carboxylic acid groups (broad SMARTS) is 1. The van der Waals surface area contributed by atoms with Crippen molar-refractivity contribution >= 4 is 23.3 Å². The number of carboxylic acids is 1. The molecule has 4 heteroatoms. The zero-order chi connectivity index (χ0) is 16.9. The van der Waals surface area contributed by atoms with E-state index in [1.807, 2.05) is 60.7 Å². The van der Waals surface area contributed by atoms with Gasteiger partial charge in [-0.3, -0.25) is 0 Å². The molecule has 0 aromatic heterocycles. The summed E-state index contributed by atoms with van der Waals surface area (Å²) in [4.78, 5) is 11.5. The third-order valence-corrected chi connectivity index (χ3v) is 4.05. The normalized spacial score (nSPS) is 11.7. The molecular weight excluding hydrogens is 322 g/mol. The Morgan fingerprint density at radius 2 is 1.42 bits per heavy atom. The first-order chi connectivity index (χ1) is 11.6. The van der Waals surface area contributed by atoms with Gasteiger partial charge in [-0.05, 0) is 35.4 Å². The van der Waals surface area contributed by atoms with Crippen LogP contribution in [0.2, 0.25) is 5.02 Å². The largest absolute Gasteiger partial charge is 0.478 e. The molecule has 0 aliphatic heterocycles. The predicted octanol–water partition coefficient (Wildman–Crippen LogP) is 5.24. The number of carbonyl (C=O) groups is 1. The van der Waals surface area contributed by atoms with Crippen molar-refractivity contribution in [2.45, 2.75) is 6.04 Å². The fourth-order valence-electron chi connectivity index (χ4n) is 2.61. The SMILES string of the molecule is O=C(O)c1ccccc1N[C@H](c1ccccc1)c1ccc(Cl)cc1. The van der Waals surface area contributed by atoms with E-state index < -0.39 is 5.97 Å². The van der Waals surface area contributed by atoms with Crippen molar-refractivity contribution in [1.82, 2.24) is 0 Å². The molecule has 3 aromatic rings. The van der Waals surface area contributed by atoms with Crippen LogP contribution in [0.5, 0.6) is 0 Å². The molecule has 0 saturated heterocycles. The van der Waals surface area contributed by atoms with Crippen LogP contribution in [0.25, 0.3) is 0 Å². The lowest BCUT2D eigenvalue weighted by atomic mass is 9.98. The number of hydrogen-bond donors (Lipinski definition) is 2. The molecule has 0 heterocycles. The topological polar surface area (TPSA) is 49.3 Å². The Hall–Kier alpha value is -2.78. The van der Waals surface area contributed by atoms with Crippen molar-refractivity contribution in [3.63, 3.8) is 0 Å². The Balaban J connectivity index is 2.03. The van der Waals surface area contributed by atoms with Gasteiger partial charge in [0.1, 0.15) is 0 Å². The van der Waals surface area contributed by atoms with Gasteiger partial charge in [-0.1, -0.05) is 66.2 Å². The highest BCUT2D eigenvalue weighted by Crippen LogP contribution is 2.29. The lowest BCUT2D eigenvalue weighted by molar-refractivity contribution is 0.0698. The van der Waals surface area contributed by atoms with Gasteiger partial charge >= 0.3 is 5.97 Å². The van der Waals surface area contributed by atoms with Crippen molar-refractivity contribution in [3.8, 4) is 0 Å². The Labute approximate surface area is 145 Å². The summed E-state index contributed by atoms with van der Waals surface area (Å²) in [5.74, 6) is -0.957. The number of benzene rings is 3. The summed E-state index contributed by atoms with van der Waals surface area (Å²) < 4.78 is 0. The van der Waals surface area contributed by atoms with E-state index in [4.69, 9.17) is 11.6 Å². The standard InChI is InChI=1S/C20H16ClNO2/c21-16-12-10-15(11-13-16)19(14-6-2-1-3-7-14)22-18-9-5-4-8-17(18)20(23)24/h1-13,19,22H,(H,23,24)/t19-/m1/s1. The van der Waals surface area contributed by atoms with E-state index in [1.165, 1.54) is 0 Å². The average Bonchev–Trinajstić information content (AvgIpc) is 2.61. The molecule has 0 aliphatic carbocycles. The third-order valence-electron chi connectivity index (χ3n) is 3.79. The van der Waals surface area contributed by atoms with Gasteiger partial charge in [0.2, 0.25) is 0 Å². The average molecular weight is 338 g/mol. The Kier molecular flexibility index (Phi) is 4.82. The van der Waals surface area contributed by atoms with Gasteiger partial charge in [0.15, 0.2) is 0 Å². The Bertz CT molecular complexity index is 832. The number of halogens is 1. The van der Waals surface area contributed by atoms with E-state index in [0.717, 1.165) is 11.1 Å². The molecule has 2 N–H and O–H groups in total. The molecule has 3 rings (SSSR count). The van der Waals surface area contributed by atoms with Gasteiger partial charge in [-0.25, -0.2) is 4.79 Å². The fourth-order valence-corrected chi connectivity index (χ4v) is 2.74. The third kappa shape index (κ3) is 3.58. The zero-order valence-corrected chi connectivity index (χ0v) is 13.6. The van der Waals surface area contributed by atoms with E-state index in [2.05, 4.69) is 5.32 Å². The molecule has 120 valence electrons. The van der Waals surface area contributed by atoms with Gasteiger partial charge in [-0.15, -0.1) is 0 Å². The molecule has 0 aliphatic rings. The van der Waals surface area contributed by atoms with Crippen molar-refractivity contribution in [2.75, 3.05) is 5.32 Å². The number of aromatic carboxylic acids is 1. The first-order valence-electron chi connectivity index (χ1n) is 7.54. The number of nitrogens with one attached hydrogen (secondary N) is 1. The van der Waals surface area contributed by atoms with E-state index in [9.17, 15) is 9.90 Å². The van der Waals surface area contributed by atoms with E-state index in [1.54, 1.807) is 18.2 Å². The van der Waals surface area contributed by atoms with Crippen LogP contribution in [0, 0.1) is 0 Å². The first-order valence-corrected chi connectivity index (χ1v) is 7.92. The van der Waals surface area contributed by atoms with Crippen LogP contribution in [0.4, 0.5) is 5.69 Å². The highest BCUT2D eigenvalue weighted by atomic mass is 35.5. The number of anilines is 1. The number of para-hydroxylation sites is 1. The van der Waals surface area contributed by atoms with Crippen LogP contribution < -0.4 is 5.32 Å². The molecule has 3 aromatic carbocycles. The molecular formula is C20H16ClNO2. The van der Waals surface area contributed by atoms with E-state index in [-0.39, 0.29) is 11.6 Å². The second-order valence-corrected chi connectivity index (χ2v) is 5.83. The summed E-state index contributed by atoms with van der Waals surface area (Å²) >= 11 is 5.99. The number of rotatable bonds is 5. The smallest absolute Gasteiger partial charge is 0.337 e. The monoisotopic (exact) mass is 337 g/mol. The van der Waals surface area contributed by atoms with Crippen LogP contribution in [0.3, 0.4) is 0 Å². The molecule has 0 radical (unpaired) electrons. The van der Waals surface area contributed by atoms with Gasteiger partial charge in [0.05, 0.1) is 11.6 Å². The lowest BCUT2D eigenvalue weighted by Crippen LogP contribution is -2.14. The molecule has 0 unspecified atom stereocenters. The predicted molar refractivity (Wildman–Crippen MR) is 96.8 cm³/mol. The number of hydrogen-bond acceptors (Lipinski definition) is 2. The van der Waals surface area contributed by atoms with Gasteiger partial charge in [0, 0.05) is 10.7 Å².